The van der Waals surface area contributed by atoms with Crippen LogP contribution in [0.5, 0.6) is 0 Å². The number of rotatable bonds is 1. The summed E-state index contributed by atoms with van der Waals surface area (Å²) >= 11 is 0. The van der Waals surface area contributed by atoms with Gasteiger partial charge in [-0.15, -0.1) is 0 Å². The summed E-state index contributed by atoms with van der Waals surface area (Å²) in [6.45, 7) is 0.101. The summed E-state index contributed by atoms with van der Waals surface area (Å²) < 4.78 is 4.79. The SMILES string of the molecule is O=C1CC(N2C(=O)c3ccccc3C2=O)CO1. The number of fused-ring (bicyclic) bond motifs is 1. The predicted octanol–water partition coefficient (Wildman–Crippen LogP) is 0.598. The van der Waals surface area contributed by atoms with Crippen molar-refractivity contribution in [1.82, 2.24) is 4.90 Å². The highest BCUT2D eigenvalue weighted by Crippen LogP contribution is 2.27. The van der Waals surface area contributed by atoms with E-state index in [2.05, 4.69) is 0 Å². The van der Waals surface area contributed by atoms with Gasteiger partial charge in [-0.1, -0.05) is 12.1 Å². The van der Waals surface area contributed by atoms with Crippen LogP contribution >= 0.6 is 0 Å². The summed E-state index contributed by atoms with van der Waals surface area (Å²) in [5.41, 5.74) is 0.800. The summed E-state index contributed by atoms with van der Waals surface area (Å²) in [5, 5.41) is 0. The molecule has 1 aromatic carbocycles. The first-order chi connectivity index (χ1) is 8.18. The van der Waals surface area contributed by atoms with E-state index in [1.807, 2.05) is 0 Å². The number of cyclic esters (lactones) is 1. The van der Waals surface area contributed by atoms with Gasteiger partial charge in [-0.3, -0.25) is 19.3 Å². The maximum absolute atomic E-state index is 12.0. The number of ether oxygens (including phenoxy) is 1. The molecule has 0 bridgehead atoms. The molecule has 0 aromatic heterocycles. The Kier molecular flexibility index (Phi) is 2.01. The van der Waals surface area contributed by atoms with Gasteiger partial charge in [0.25, 0.3) is 11.8 Å². The fraction of sp³-hybridized carbons (Fsp3) is 0.250. The van der Waals surface area contributed by atoms with Crippen LogP contribution in [0.1, 0.15) is 27.1 Å². The highest BCUT2D eigenvalue weighted by molar-refractivity contribution is 6.21. The zero-order chi connectivity index (χ0) is 12.0. The van der Waals surface area contributed by atoms with Crippen molar-refractivity contribution in [3.05, 3.63) is 35.4 Å². The molecule has 0 spiro atoms. The lowest BCUT2D eigenvalue weighted by atomic mass is 10.1. The van der Waals surface area contributed by atoms with Gasteiger partial charge in [0, 0.05) is 0 Å². The quantitative estimate of drug-likeness (QED) is 0.524. The molecule has 0 saturated carbocycles. The second kappa shape index (κ2) is 3.41. The molecule has 5 nitrogen and oxygen atoms in total. The Morgan fingerprint density at radius 2 is 1.65 bits per heavy atom. The van der Waals surface area contributed by atoms with E-state index in [-0.39, 0.29) is 30.8 Å². The minimum absolute atomic E-state index is 0.0888. The number of carbonyl (C=O) groups excluding carboxylic acids is 3. The summed E-state index contributed by atoms with van der Waals surface area (Å²) in [5.74, 6) is -1.05. The van der Waals surface area contributed by atoms with Crippen LogP contribution in [0.25, 0.3) is 0 Å². The van der Waals surface area contributed by atoms with E-state index >= 15 is 0 Å². The van der Waals surface area contributed by atoms with Crippen LogP contribution in [0.2, 0.25) is 0 Å². The maximum atomic E-state index is 12.0. The van der Waals surface area contributed by atoms with Gasteiger partial charge >= 0.3 is 5.97 Å². The number of hydrogen-bond donors (Lipinski definition) is 0. The van der Waals surface area contributed by atoms with Crippen molar-refractivity contribution < 1.29 is 19.1 Å². The number of nitrogens with zero attached hydrogens (tertiary/aromatic N) is 1. The fourth-order valence-corrected chi connectivity index (χ4v) is 2.20. The van der Waals surface area contributed by atoms with E-state index in [4.69, 9.17) is 4.74 Å². The van der Waals surface area contributed by atoms with Gasteiger partial charge in [0.1, 0.15) is 6.61 Å². The van der Waals surface area contributed by atoms with Crippen LogP contribution in [0, 0.1) is 0 Å². The topological polar surface area (TPSA) is 63.7 Å². The van der Waals surface area contributed by atoms with Crippen molar-refractivity contribution in [1.29, 1.82) is 0 Å². The number of amides is 2. The van der Waals surface area contributed by atoms with Crippen molar-refractivity contribution in [2.75, 3.05) is 6.61 Å². The zero-order valence-electron chi connectivity index (χ0n) is 8.88. The van der Waals surface area contributed by atoms with Crippen molar-refractivity contribution in [3.63, 3.8) is 0 Å². The normalized spacial score (nSPS) is 22.9. The Balaban J connectivity index is 1.98. The molecule has 1 unspecified atom stereocenters. The van der Waals surface area contributed by atoms with Crippen molar-refractivity contribution in [3.8, 4) is 0 Å². The number of benzene rings is 1. The zero-order valence-corrected chi connectivity index (χ0v) is 8.88. The molecule has 86 valence electrons. The molecule has 0 radical (unpaired) electrons. The van der Waals surface area contributed by atoms with Gasteiger partial charge in [0.05, 0.1) is 23.6 Å². The van der Waals surface area contributed by atoms with Gasteiger partial charge in [-0.25, -0.2) is 0 Å². The lowest BCUT2D eigenvalue weighted by Crippen LogP contribution is -2.40. The largest absolute Gasteiger partial charge is 0.463 e. The molecule has 2 amide bonds. The molecule has 5 heteroatoms. The molecule has 2 aliphatic rings. The summed E-state index contributed by atoms with van der Waals surface area (Å²) in [4.78, 5) is 36.2. The molecular weight excluding hydrogens is 222 g/mol. The monoisotopic (exact) mass is 231 g/mol. The molecule has 1 aromatic rings. The lowest BCUT2D eigenvalue weighted by molar-refractivity contribution is -0.137. The fourth-order valence-electron chi connectivity index (χ4n) is 2.20. The van der Waals surface area contributed by atoms with E-state index in [0.717, 1.165) is 4.90 Å². The summed E-state index contributed by atoms with van der Waals surface area (Å²) in [7, 11) is 0. The van der Waals surface area contributed by atoms with Gasteiger partial charge < -0.3 is 4.74 Å². The average Bonchev–Trinajstić information content (AvgIpc) is 2.84. The smallest absolute Gasteiger partial charge is 0.308 e. The summed E-state index contributed by atoms with van der Waals surface area (Å²) in [6.07, 6.45) is 0.0888. The number of carbonyl (C=O) groups is 3. The van der Waals surface area contributed by atoms with E-state index in [0.29, 0.717) is 11.1 Å². The minimum atomic E-state index is -0.463. The molecule has 1 saturated heterocycles. The summed E-state index contributed by atoms with van der Waals surface area (Å²) in [6, 6.07) is 6.20. The van der Waals surface area contributed by atoms with Crippen LogP contribution in [0.4, 0.5) is 0 Å². The highest BCUT2D eigenvalue weighted by atomic mass is 16.5. The molecule has 17 heavy (non-hydrogen) atoms. The third-order valence-electron chi connectivity index (χ3n) is 3.03. The third kappa shape index (κ3) is 1.35. The molecule has 0 aliphatic carbocycles. The van der Waals surface area contributed by atoms with Crippen molar-refractivity contribution in [2.24, 2.45) is 0 Å². The number of imide groups is 1. The Bertz CT molecular complexity index is 502. The second-order valence-electron chi connectivity index (χ2n) is 4.07. The molecule has 1 fully saturated rings. The first-order valence-electron chi connectivity index (χ1n) is 5.31. The van der Waals surface area contributed by atoms with E-state index in [1.165, 1.54) is 0 Å². The lowest BCUT2D eigenvalue weighted by Gasteiger charge is -2.18. The molecule has 2 heterocycles. The Labute approximate surface area is 97.0 Å². The van der Waals surface area contributed by atoms with Crippen LogP contribution in [-0.2, 0) is 9.53 Å². The Morgan fingerprint density at radius 1 is 1.06 bits per heavy atom. The average molecular weight is 231 g/mol. The number of hydrogen-bond acceptors (Lipinski definition) is 4. The van der Waals surface area contributed by atoms with E-state index < -0.39 is 6.04 Å². The molecule has 2 aliphatic heterocycles. The maximum Gasteiger partial charge on any atom is 0.308 e. The first-order valence-corrected chi connectivity index (χ1v) is 5.31. The van der Waals surface area contributed by atoms with Gasteiger partial charge in [0.2, 0.25) is 0 Å². The van der Waals surface area contributed by atoms with Crippen molar-refractivity contribution >= 4 is 17.8 Å². The Hall–Kier alpha value is -2.17. The highest BCUT2D eigenvalue weighted by Gasteiger charge is 2.43. The minimum Gasteiger partial charge on any atom is -0.463 e. The number of esters is 1. The van der Waals surface area contributed by atoms with E-state index in [1.54, 1.807) is 24.3 Å². The molecule has 3 rings (SSSR count). The first kappa shape index (κ1) is 10.0. The van der Waals surface area contributed by atoms with Crippen molar-refractivity contribution in [2.45, 2.75) is 12.5 Å². The second-order valence-corrected chi connectivity index (χ2v) is 4.07. The van der Waals surface area contributed by atoms with Gasteiger partial charge in [-0.05, 0) is 12.1 Å². The molecular formula is C12H9NO4. The Morgan fingerprint density at radius 3 is 2.12 bits per heavy atom. The molecule has 0 N–H and O–H groups in total. The molecule has 1 atom stereocenters. The third-order valence-corrected chi connectivity index (χ3v) is 3.03. The van der Waals surface area contributed by atoms with Crippen LogP contribution in [0.15, 0.2) is 24.3 Å². The van der Waals surface area contributed by atoms with Crippen LogP contribution in [-0.4, -0.2) is 35.3 Å². The van der Waals surface area contributed by atoms with Gasteiger partial charge in [0.15, 0.2) is 0 Å². The van der Waals surface area contributed by atoms with Gasteiger partial charge in [-0.2, -0.15) is 0 Å². The van der Waals surface area contributed by atoms with Crippen LogP contribution in [0.3, 0.4) is 0 Å². The standard InChI is InChI=1S/C12H9NO4/c14-10-5-7(6-17-10)13-11(15)8-3-1-2-4-9(8)12(13)16/h1-4,7H,5-6H2. The van der Waals surface area contributed by atoms with Crippen LogP contribution < -0.4 is 0 Å². The van der Waals surface area contributed by atoms with E-state index in [9.17, 15) is 14.4 Å². The predicted molar refractivity (Wildman–Crippen MR) is 56.3 cm³/mol.